The normalized spacial score (nSPS) is 17.9. The number of sulfonamides is 1. The van der Waals surface area contributed by atoms with Gasteiger partial charge in [0.1, 0.15) is 22.5 Å². The van der Waals surface area contributed by atoms with Crippen LogP contribution in [0.3, 0.4) is 0 Å². The summed E-state index contributed by atoms with van der Waals surface area (Å²) in [6.45, 7) is 2.54. The highest BCUT2D eigenvalue weighted by molar-refractivity contribution is 7.89. The number of hydrogen-bond donors (Lipinski definition) is 0. The monoisotopic (exact) mass is 378 g/mol. The number of nitrogens with zero attached hydrogens (tertiary/aromatic N) is 2. The molecule has 140 valence electrons. The molecule has 0 N–H and O–H groups in total. The summed E-state index contributed by atoms with van der Waals surface area (Å²) in [6.07, 6.45) is 0.371. The predicted molar refractivity (Wildman–Crippen MR) is 96.3 cm³/mol. The minimum atomic E-state index is -3.69. The lowest BCUT2D eigenvalue weighted by atomic mass is 10.3. The maximum Gasteiger partial charge on any atom is 0.246 e. The highest BCUT2D eigenvalue weighted by Gasteiger charge is 2.35. The summed E-state index contributed by atoms with van der Waals surface area (Å²) in [5.41, 5.74) is 0.855. The highest BCUT2D eigenvalue weighted by Crippen LogP contribution is 2.32. The molecule has 0 bridgehead atoms. The first-order valence-electron chi connectivity index (χ1n) is 8.26. The Balaban J connectivity index is 1.77. The Hall–Kier alpha value is -2.32. The van der Waals surface area contributed by atoms with Crippen LogP contribution in [0.25, 0.3) is 0 Å². The number of benzene rings is 1. The van der Waals surface area contributed by atoms with E-state index < -0.39 is 10.0 Å². The molecule has 1 unspecified atom stereocenters. The molecule has 0 radical (unpaired) electrons. The summed E-state index contributed by atoms with van der Waals surface area (Å²) in [7, 11) is -0.731. The van der Waals surface area contributed by atoms with Crippen LogP contribution in [0.1, 0.15) is 12.1 Å². The number of hydrogen-bond acceptors (Lipinski definition) is 6. The van der Waals surface area contributed by atoms with Gasteiger partial charge in [-0.1, -0.05) is 6.07 Å². The maximum absolute atomic E-state index is 13.0. The van der Waals surface area contributed by atoms with Crippen molar-refractivity contribution in [1.82, 2.24) is 9.29 Å². The molecule has 0 amide bonds. The lowest BCUT2D eigenvalue weighted by Gasteiger charge is -2.19. The largest absolute Gasteiger partial charge is 0.497 e. The van der Waals surface area contributed by atoms with Gasteiger partial charge in [0.2, 0.25) is 15.9 Å². The lowest BCUT2D eigenvalue weighted by molar-refractivity contribution is 0.206. The highest BCUT2D eigenvalue weighted by atomic mass is 32.2. The van der Waals surface area contributed by atoms with E-state index in [1.165, 1.54) is 24.6 Å². The Morgan fingerprint density at radius 2 is 1.96 bits per heavy atom. The summed E-state index contributed by atoms with van der Waals surface area (Å²) in [5, 5.41) is 0. The van der Waals surface area contributed by atoms with Crippen LogP contribution < -0.4 is 14.2 Å². The third-order valence-corrected chi connectivity index (χ3v) is 6.15. The SMILES string of the molecule is COc1ccc(S(=O)(=O)N2CCC(Oc3cccc(C)n3)C2)c(OC)c1. The summed E-state index contributed by atoms with van der Waals surface area (Å²) >= 11 is 0. The molecule has 8 heteroatoms. The van der Waals surface area contributed by atoms with Crippen LogP contribution >= 0.6 is 0 Å². The zero-order chi connectivity index (χ0) is 18.7. The fraction of sp³-hybridized carbons (Fsp3) is 0.389. The molecule has 1 aromatic heterocycles. The van der Waals surface area contributed by atoms with Gasteiger partial charge in [0.05, 0.1) is 20.8 Å². The first-order valence-corrected chi connectivity index (χ1v) is 9.70. The van der Waals surface area contributed by atoms with Crippen molar-refractivity contribution < 1.29 is 22.6 Å². The molecule has 1 saturated heterocycles. The van der Waals surface area contributed by atoms with Crippen LogP contribution in [-0.4, -0.2) is 51.1 Å². The van der Waals surface area contributed by atoms with Crippen LogP contribution in [0.15, 0.2) is 41.3 Å². The molecular weight excluding hydrogens is 356 g/mol. The van der Waals surface area contributed by atoms with Crippen LogP contribution in [0.5, 0.6) is 17.4 Å². The Bertz CT molecular complexity index is 885. The first-order chi connectivity index (χ1) is 12.4. The molecule has 1 aliphatic rings. The molecule has 1 atom stereocenters. The summed E-state index contributed by atoms with van der Waals surface area (Å²) in [4.78, 5) is 4.42. The smallest absolute Gasteiger partial charge is 0.246 e. The molecule has 0 saturated carbocycles. The van der Waals surface area contributed by atoms with E-state index in [2.05, 4.69) is 4.98 Å². The molecule has 2 aromatic rings. The third-order valence-electron chi connectivity index (χ3n) is 4.25. The van der Waals surface area contributed by atoms with Gasteiger partial charge in [0.15, 0.2) is 0 Å². The van der Waals surface area contributed by atoms with Gasteiger partial charge in [-0.2, -0.15) is 4.31 Å². The standard InChI is InChI=1S/C18H22N2O5S/c1-13-5-4-6-18(19-13)25-15-9-10-20(12-15)26(21,22)17-8-7-14(23-2)11-16(17)24-3/h4-8,11,15H,9-10,12H2,1-3H3. The summed E-state index contributed by atoms with van der Waals surface area (Å²) in [5.74, 6) is 1.30. The molecule has 26 heavy (non-hydrogen) atoms. The zero-order valence-corrected chi connectivity index (χ0v) is 15.8. The van der Waals surface area contributed by atoms with Crippen molar-refractivity contribution in [2.24, 2.45) is 0 Å². The van der Waals surface area contributed by atoms with Crippen molar-refractivity contribution in [3.63, 3.8) is 0 Å². The van der Waals surface area contributed by atoms with Crippen molar-refractivity contribution in [3.8, 4) is 17.4 Å². The van der Waals surface area contributed by atoms with E-state index in [9.17, 15) is 8.42 Å². The van der Waals surface area contributed by atoms with E-state index in [4.69, 9.17) is 14.2 Å². The number of ether oxygens (including phenoxy) is 3. The third kappa shape index (κ3) is 3.76. The number of pyridine rings is 1. The molecule has 1 aromatic carbocycles. The first kappa shape index (κ1) is 18.5. The second-order valence-corrected chi connectivity index (χ2v) is 7.93. The van der Waals surface area contributed by atoms with Crippen molar-refractivity contribution in [2.75, 3.05) is 27.3 Å². The van der Waals surface area contributed by atoms with Gasteiger partial charge in [-0.05, 0) is 31.5 Å². The van der Waals surface area contributed by atoms with E-state index in [0.29, 0.717) is 24.6 Å². The molecule has 0 spiro atoms. The van der Waals surface area contributed by atoms with E-state index >= 15 is 0 Å². The van der Waals surface area contributed by atoms with Crippen molar-refractivity contribution in [2.45, 2.75) is 24.3 Å². The average Bonchev–Trinajstić information content (AvgIpc) is 3.10. The Morgan fingerprint density at radius 1 is 1.15 bits per heavy atom. The minimum absolute atomic E-state index is 0.120. The second kappa shape index (κ2) is 7.51. The van der Waals surface area contributed by atoms with Gasteiger partial charge < -0.3 is 14.2 Å². The Morgan fingerprint density at radius 3 is 2.65 bits per heavy atom. The van der Waals surface area contributed by atoms with Crippen molar-refractivity contribution in [1.29, 1.82) is 0 Å². The lowest BCUT2D eigenvalue weighted by Crippen LogP contribution is -2.31. The predicted octanol–water partition coefficient (Wildman–Crippen LogP) is 2.25. The fourth-order valence-corrected chi connectivity index (χ4v) is 4.52. The number of methoxy groups -OCH3 is 2. The van der Waals surface area contributed by atoms with Crippen LogP contribution in [0, 0.1) is 6.92 Å². The quantitative estimate of drug-likeness (QED) is 0.767. The second-order valence-electron chi connectivity index (χ2n) is 6.03. The molecular formula is C18H22N2O5S. The van der Waals surface area contributed by atoms with E-state index in [1.54, 1.807) is 18.2 Å². The van der Waals surface area contributed by atoms with Gasteiger partial charge in [-0.25, -0.2) is 13.4 Å². The van der Waals surface area contributed by atoms with Gasteiger partial charge >= 0.3 is 0 Å². The fourth-order valence-electron chi connectivity index (χ4n) is 2.89. The van der Waals surface area contributed by atoms with Gasteiger partial charge in [-0.3, -0.25) is 0 Å². The van der Waals surface area contributed by atoms with Crippen LogP contribution in [0.4, 0.5) is 0 Å². The van der Waals surface area contributed by atoms with Crippen molar-refractivity contribution in [3.05, 3.63) is 42.1 Å². The van der Waals surface area contributed by atoms with Crippen LogP contribution in [0.2, 0.25) is 0 Å². The molecule has 2 heterocycles. The van der Waals surface area contributed by atoms with Crippen LogP contribution in [-0.2, 0) is 10.0 Å². The average molecular weight is 378 g/mol. The topological polar surface area (TPSA) is 78.0 Å². The molecule has 3 rings (SSSR count). The number of rotatable bonds is 6. The van der Waals surface area contributed by atoms with Gasteiger partial charge in [0, 0.05) is 24.4 Å². The Kier molecular flexibility index (Phi) is 5.33. The Labute approximate surface area is 153 Å². The van der Waals surface area contributed by atoms with E-state index in [1.807, 2.05) is 19.1 Å². The number of aryl methyl sites for hydroxylation is 1. The van der Waals surface area contributed by atoms with Gasteiger partial charge in [-0.15, -0.1) is 0 Å². The molecule has 1 fully saturated rings. The molecule has 0 aliphatic carbocycles. The van der Waals surface area contributed by atoms with E-state index in [0.717, 1.165) is 5.69 Å². The summed E-state index contributed by atoms with van der Waals surface area (Å²) < 4.78 is 43.6. The van der Waals surface area contributed by atoms with E-state index in [-0.39, 0.29) is 23.3 Å². The molecule has 7 nitrogen and oxygen atoms in total. The van der Waals surface area contributed by atoms with Crippen molar-refractivity contribution >= 4 is 10.0 Å². The molecule has 1 aliphatic heterocycles. The maximum atomic E-state index is 13.0. The van der Waals surface area contributed by atoms with Gasteiger partial charge in [0.25, 0.3) is 0 Å². The zero-order valence-electron chi connectivity index (χ0n) is 15.0. The minimum Gasteiger partial charge on any atom is -0.497 e. The summed E-state index contributed by atoms with van der Waals surface area (Å²) in [6, 6.07) is 10.2. The number of aromatic nitrogens is 1.